The molecule has 0 spiro atoms. The van der Waals surface area contributed by atoms with Crippen LogP contribution in [0.1, 0.15) is 32.9 Å². The van der Waals surface area contributed by atoms with E-state index in [9.17, 15) is 63.0 Å². The minimum absolute atomic E-state index is 0.0308. The molecule has 0 aliphatic carbocycles. The Hall–Kier alpha value is -2.52. The molecule has 1 aliphatic rings. The molecule has 1 aliphatic heterocycles. The van der Waals surface area contributed by atoms with E-state index < -0.39 is 102 Å². The van der Waals surface area contributed by atoms with Gasteiger partial charge in [0.25, 0.3) is 15.6 Å². The molecule has 0 bridgehead atoms. The number of anilines is 1. The first-order valence-corrected chi connectivity index (χ1v) is 21.1. The summed E-state index contributed by atoms with van der Waals surface area (Å²) in [6.45, 7) is -0.741. The number of aliphatic hydroxyl groups is 4. The number of phosphoric ester groups is 3. The molecular formula is C25H38N7O19P3S-4. The molecule has 3 heterocycles. The monoisotopic (exact) mass is 865 g/mol. The number of fused-ring (bicyclic) bond motifs is 1. The van der Waals surface area contributed by atoms with Crippen LogP contribution in [0.3, 0.4) is 0 Å². The predicted molar refractivity (Wildman–Crippen MR) is 176 cm³/mol. The number of rotatable bonds is 22. The van der Waals surface area contributed by atoms with Gasteiger partial charge in [0.05, 0.1) is 40.1 Å². The molecule has 2 unspecified atom stereocenters. The number of nitrogens with one attached hydrogen (secondary N) is 2. The highest BCUT2D eigenvalue weighted by Crippen LogP contribution is 2.56. The van der Waals surface area contributed by atoms with Crippen molar-refractivity contribution in [2.24, 2.45) is 5.41 Å². The Labute approximate surface area is 315 Å². The Balaban J connectivity index is 1.49. The molecule has 8 atom stereocenters. The average molecular weight is 866 g/mol. The lowest BCUT2D eigenvalue weighted by Crippen LogP contribution is -2.46. The van der Waals surface area contributed by atoms with Crippen LogP contribution in [0.2, 0.25) is 0 Å². The Morgan fingerprint density at radius 1 is 1.07 bits per heavy atom. The summed E-state index contributed by atoms with van der Waals surface area (Å²) in [4.78, 5) is 95.3. The SMILES string of the molecule is CC(C)(COP(=O)([O-])OP(=O)([O-])OC[C@H]1O[C@@H](n2cnc3c(N)ncnc32)[C@H](O)[C@@H]1OP(=O)([O-])[O-])[C@@H](O)C(=O)NCCC(=O)NCCSC(=O)C[C@@H](O)CO. The fourth-order valence-corrected chi connectivity index (χ4v) is 8.07. The van der Waals surface area contributed by atoms with E-state index in [-0.39, 0.29) is 48.7 Å². The maximum absolute atomic E-state index is 12.5. The smallest absolute Gasteiger partial charge is 0.274 e. The molecule has 30 heteroatoms. The van der Waals surface area contributed by atoms with Gasteiger partial charge in [-0.15, -0.1) is 0 Å². The van der Waals surface area contributed by atoms with Gasteiger partial charge in [-0.3, -0.25) is 28.1 Å². The van der Waals surface area contributed by atoms with Crippen LogP contribution in [0.15, 0.2) is 12.7 Å². The summed E-state index contributed by atoms with van der Waals surface area (Å²) in [6.07, 6.45) is -9.19. The van der Waals surface area contributed by atoms with Crippen molar-refractivity contribution in [2.45, 2.75) is 63.4 Å². The number of nitrogens with two attached hydrogens (primary N) is 1. The van der Waals surface area contributed by atoms with Gasteiger partial charge >= 0.3 is 0 Å². The van der Waals surface area contributed by atoms with E-state index in [0.717, 1.165) is 29.0 Å². The summed E-state index contributed by atoms with van der Waals surface area (Å²) >= 11 is 0.831. The van der Waals surface area contributed by atoms with Crippen molar-refractivity contribution in [2.75, 3.05) is 44.4 Å². The number of nitrogens with zero attached hydrogens (tertiary/aromatic N) is 4. The van der Waals surface area contributed by atoms with Crippen molar-refractivity contribution < 1.29 is 90.7 Å². The molecule has 312 valence electrons. The van der Waals surface area contributed by atoms with Crippen LogP contribution in [-0.4, -0.2) is 126 Å². The third-order valence-corrected chi connectivity index (χ3v) is 11.3. The highest BCUT2D eigenvalue weighted by molar-refractivity contribution is 8.13. The molecule has 1 saturated heterocycles. The lowest BCUT2D eigenvalue weighted by molar-refractivity contribution is -0.347. The largest absolute Gasteiger partial charge is 0.790 e. The predicted octanol–water partition coefficient (Wildman–Crippen LogP) is -5.12. The topological polar surface area (TPSA) is 415 Å². The number of thioether (sulfide) groups is 1. The minimum Gasteiger partial charge on any atom is -0.790 e. The van der Waals surface area contributed by atoms with Crippen LogP contribution in [0.25, 0.3) is 11.2 Å². The number of amides is 2. The summed E-state index contributed by atoms with van der Waals surface area (Å²) in [6, 6.07) is 0. The van der Waals surface area contributed by atoms with E-state index in [4.69, 9.17) is 15.6 Å². The van der Waals surface area contributed by atoms with Gasteiger partial charge in [-0.1, -0.05) is 25.6 Å². The van der Waals surface area contributed by atoms with Gasteiger partial charge in [-0.25, -0.2) is 19.3 Å². The van der Waals surface area contributed by atoms with Gasteiger partial charge < -0.3 is 79.2 Å². The Morgan fingerprint density at radius 2 is 1.75 bits per heavy atom. The number of hydrogen-bond donors (Lipinski definition) is 7. The van der Waals surface area contributed by atoms with Crippen LogP contribution in [0, 0.1) is 5.41 Å². The van der Waals surface area contributed by atoms with Crippen molar-refractivity contribution in [3.8, 4) is 0 Å². The molecule has 55 heavy (non-hydrogen) atoms. The second-order valence-corrected chi connectivity index (χ2v) is 17.5. The molecule has 0 radical (unpaired) electrons. The van der Waals surface area contributed by atoms with Crippen LogP contribution in [-0.2, 0) is 50.7 Å². The third kappa shape index (κ3) is 14.4. The molecule has 26 nitrogen and oxygen atoms in total. The fraction of sp³-hybridized carbons (Fsp3) is 0.680. The van der Waals surface area contributed by atoms with E-state index in [0.29, 0.717) is 0 Å². The quantitative estimate of drug-likeness (QED) is 0.0430. The molecular weight excluding hydrogens is 827 g/mol. The maximum Gasteiger partial charge on any atom is 0.274 e. The van der Waals surface area contributed by atoms with E-state index in [1.54, 1.807) is 0 Å². The zero-order valence-electron chi connectivity index (χ0n) is 28.8. The number of hydrogen-bond acceptors (Lipinski definition) is 24. The number of aromatic nitrogens is 4. The number of nitrogen functional groups attached to an aromatic ring is 1. The molecule has 2 aromatic heterocycles. The van der Waals surface area contributed by atoms with Crippen LogP contribution < -0.4 is 35.9 Å². The van der Waals surface area contributed by atoms with Gasteiger partial charge in [-0.2, -0.15) is 0 Å². The summed E-state index contributed by atoms with van der Waals surface area (Å²) in [7, 11) is -17.6. The number of carbonyl (C=O) groups excluding carboxylic acids is 3. The Kier molecular flexibility index (Phi) is 16.8. The molecule has 0 saturated carbocycles. The van der Waals surface area contributed by atoms with Crippen molar-refractivity contribution >= 4 is 69.1 Å². The van der Waals surface area contributed by atoms with Gasteiger partial charge in [0.15, 0.2) is 22.8 Å². The second-order valence-electron chi connectivity index (χ2n) is 12.2. The Morgan fingerprint density at radius 3 is 2.40 bits per heavy atom. The minimum atomic E-state index is -5.93. The number of phosphoric acid groups is 3. The first-order chi connectivity index (χ1) is 25.4. The zero-order valence-corrected chi connectivity index (χ0v) is 32.3. The number of carbonyl (C=O) groups is 3. The number of imidazole rings is 1. The molecule has 1 fully saturated rings. The normalized spacial score (nSPS) is 22.4. The molecule has 0 aromatic carbocycles. The molecule has 8 N–H and O–H groups in total. The number of ether oxygens (including phenoxy) is 1. The highest BCUT2D eigenvalue weighted by atomic mass is 32.2. The van der Waals surface area contributed by atoms with Crippen LogP contribution in [0.4, 0.5) is 5.82 Å². The first kappa shape index (κ1) is 46.9. The lowest BCUT2D eigenvalue weighted by Gasteiger charge is -2.36. The van der Waals surface area contributed by atoms with Gasteiger partial charge in [0.2, 0.25) is 11.8 Å². The van der Waals surface area contributed by atoms with Gasteiger partial charge in [0.1, 0.15) is 36.3 Å². The zero-order chi connectivity index (χ0) is 41.4. The van der Waals surface area contributed by atoms with Gasteiger partial charge in [-0.05, 0) is 0 Å². The van der Waals surface area contributed by atoms with Gasteiger partial charge in [0, 0.05) is 37.1 Å². The lowest BCUT2D eigenvalue weighted by atomic mass is 9.87. The second kappa shape index (κ2) is 19.8. The summed E-state index contributed by atoms with van der Waals surface area (Å²) in [5.41, 5.74) is 4.01. The van der Waals surface area contributed by atoms with Crippen molar-refractivity contribution in [1.29, 1.82) is 0 Å². The van der Waals surface area contributed by atoms with E-state index >= 15 is 0 Å². The number of aliphatic hydroxyl groups excluding tert-OH is 4. The highest BCUT2D eigenvalue weighted by Gasteiger charge is 2.47. The molecule has 2 amide bonds. The molecule has 3 rings (SSSR count). The summed E-state index contributed by atoms with van der Waals surface area (Å²) in [5.74, 6) is -1.50. The van der Waals surface area contributed by atoms with E-state index in [1.807, 2.05) is 0 Å². The fourth-order valence-electron chi connectivity index (χ4n) is 4.59. The molecule has 2 aromatic rings. The Bertz CT molecular complexity index is 1800. The standard InChI is InChI=1S/C25H42N7O19P3S/c1-25(2,20(38)23(39)28-4-3-15(35)27-5-6-55-16(36)7-13(34)8-33)10-48-54(45,46)51-53(43,44)47-9-14-19(50-52(40,41)42)18(37)24(49-14)32-12-31-17-21(26)29-11-30-22(17)32/h11-14,18-20,24,33-34,37-38H,3-10H2,1-2H3,(H,27,35)(H,28,39)(H,43,44)(H,45,46)(H2,26,29,30)(H2,40,41,42)/p-4/t13-,14-,18-,19-,20+,24-/m1/s1. The van der Waals surface area contributed by atoms with Crippen molar-refractivity contribution in [1.82, 2.24) is 30.2 Å². The van der Waals surface area contributed by atoms with Crippen LogP contribution in [0.5, 0.6) is 0 Å². The van der Waals surface area contributed by atoms with Crippen LogP contribution >= 0.6 is 35.2 Å². The maximum atomic E-state index is 12.5. The summed E-state index contributed by atoms with van der Waals surface area (Å²) < 4.78 is 60.3. The van der Waals surface area contributed by atoms with Crippen molar-refractivity contribution in [3.05, 3.63) is 12.7 Å². The first-order valence-electron chi connectivity index (χ1n) is 15.7. The van der Waals surface area contributed by atoms with E-state index in [1.165, 1.54) is 13.8 Å². The van der Waals surface area contributed by atoms with E-state index in [2.05, 4.69) is 43.5 Å². The summed E-state index contributed by atoms with van der Waals surface area (Å²) in [5, 5.41) is 43.6. The average Bonchev–Trinajstić information content (AvgIpc) is 3.64. The third-order valence-electron chi connectivity index (χ3n) is 7.35. The van der Waals surface area contributed by atoms with Crippen molar-refractivity contribution in [3.63, 3.8) is 0 Å².